The Morgan fingerprint density at radius 1 is 1.28 bits per heavy atom. The first-order valence-corrected chi connectivity index (χ1v) is 8.86. The number of pyridine rings is 1. The van der Waals surface area contributed by atoms with Gasteiger partial charge in [0.05, 0.1) is 11.2 Å². The number of aryl methyl sites for hydroxylation is 1. The third kappa shape index (κ3) is 2.07. The van der Waals surface area contributed by atoms with Crippen LogP contribution in [0.4, 0.5) is 0 Å². The van der Waals surface area contributed by atoms with Crippen LogP contribution in [0.3, 0.4) is 0 Å². The Labute approximate surface area is 145 Å². The minimum Gasteiger partial charge on any atom is -0.382 e. The average molecular weight is 338 g/mol. The minimum absolute atomic E-state index is 0.0509. The SMILES string of the molecule is Cn1ccc2c(C(O)C3=CN(C45CCC(C4)C5)NN3)cccc2c1=O. The van der Waals surface area contributed by atoms with Crippen LogP contribution in [0, 0.1) is 5.92 Å². The van der Waals surface area contributed by atoms with Crippen LogP contribution in [0.25, 0.3) is 10.8 Å². The smallest absolute Gasteiger partial charge is 0.258 e. The van der Waals surface area contributed by atoms with E-state index in [1.165, 1.54) is 25.7 Å². The number of nitrogens with one attached hydrogen (secondary N) is 2. The number of nitrogens with zero attached hydrogens (tertiary/aromatic N) is 2. The summed E-state index contributed by atoms with van der Waals surface area (Å²) in [4.78, 5) is 12.3. The van der Waals surface area contributed by atoms with Gasteiger partial charge in [-0.25, -0.2) is 0 Å². The monoisotopic (exact) mass is 338 g/mol. The Morgan fingerprint density at radius 2 is 2.12 bits per heavy atom. The fourth-order valence-electron chi connectivity index (χ4n) is 4.74. The lowest BCUT2D eigenvalue weighted by Gasteiger charge is -2.45. The largest absolute Gasteiger partial charge is 0.382 e. The van der Waals surface area contributed by atoms with Gasteiger partial charge in [0, 0.05) is 24.8 Å². The number of hydrogen-bond donors (Lipinski definition) is 3. The Hall–Kier alpha value is -2.31. The number of rotatable bonds is 3. The molecule has 6 nitrogen and oxygen atoms in total. The summed E-state index contributed by atoms with van der Waals surface area (Å²) in [7, 11) is 1.74. The van der Waals surface area contributed by atoms with Crippen molar-refractivity contribution in [1.82, 2.24) is 20.5 Å². The molecule has 1 atom stereocenters. The molecule has 1 aliphatic heterocycles. The topological polar surface area (TPSA) is 69.5 Å². The van der Waals surface area contributed by atoms with Gasteiger partial charge in [-0.3, -0.25) is 9.80 Å². The third-order valence-electron chi connectivity index (χ3n) is 6.20. The van der Waals surface area contributed by atoms with Crippen molar-refractivity contribution < 1.29 is 5.11 Å². The highest BCUT2D eigenvalue weighted by Crippen LogP contribution is 2.55. The molecule has 0 saturated heterocycles. The summed E-state index contributed by atoms with van der Waals surface area (Å²) < 4.78 is 1.56. The van der Waals surface area contributed by atoms with Gasteiger partial charge >= 0.3 is 0 Å². The standard InChI is InChI=1S/C19H22N4O2/c1-22-8-6-13-14(3-2-4-15(13)18(22)25)17(24)16-11-23(21-20-16)19-7-5-12(9-19)10-19/h2-4,6,8,11-12,17,20-21,24H,5,7,9-10H2,1H3. The molecule has 4 aliphatic rings. The highest BCUT2D eigenvalue weighted by atomic mass is 16.3. The zero-order chi connectivity index (χ0) is 17.2. The maximum Gasteiger partial charge on any atom is 0.258 e. The van der Waals surface area contributed by atoms with Crippen LogP contribution < -0.4 is 16.5 Å². The normalized spacial score (nSPS) is 28.6. The van der Waals surface area contributed by atoms with Gasteiger partial charge in [0.2, 0.25) is 0 Å². The summed E-state index contributed by atoms with van der Waals surface area (Å²) in [6.07, 6.45) is 7.90. The maximum absolute atomic E-state index is 12.3. The van der Waals surface area contributed by atoms with Crippen molar-refractivity contribution in [3.8, 4) is 0 Å². The summed E-state index contributed by atoms with van der Waals surface area (Å²) in [5.74, 6) is 0.874. The summed E-state index contributed by atoms with van der Waals surface area (Å²) in [6, 6.07) is 7.41. The van der Waals surface area contributed by atoms with Crippen molar-refractivity contribution in [2.45, 2.75) is 37.3 Å². The molecule has 3 fully saturated rings. The number of aromatic nitrogens is 1. The van der Waals surface area contributed by atoms with Crippen LogP contribution in [0.15, 0.2) is 47.2 Å². The van der Waals surface area contributed by atoms with Gasteiger partial charge in [-0.1, -0.05) is 12.1 Å². The number of benzene rings is 1. The molecule has 1 aromatic carbocycles. The van der Waals surface area contributed by atoms with Gasteiger partial charge in [-0.2, -0.15) is 0 Å². The van der Waals surface area contributed by atoms with Crippen molar-refractivity contribution >= 4 is 10.8 Å². The molecule has 0 amide bonds. The van der Waals surface area contributed by atoms with Crippen molar-refractivity contribution in [2.75, 3.05) is 0 Å². The molecular formula is C19H22N4O2. The van der Waals surface area contributed by atoms with Gasteiger partial charge in [0.25, 0.3) is 5.56 Å². The van der Waals surface area contributed by atoms with Gasteiger partial charge in [-0.15, -0.1) is 5.53 Å². The van der Waals surface area contributed by atoms with Gasteiger partial charge in [0.1, 0.15) is 6.10 Å². The molecule has 25 heavy (non-hydrogen) atoms. The lowest BCUT2D eigenvalue weighted by Crippen LogP contribution is -2.55. The van der Waals surface area contributed by atoms with E-state index in [2.05, 4.69) is 16.0 Å². The highest BCUT2D eigenvalue weighted by Gasteiger charge is 2.54. The number of aliphatic hydroxyl groups excluding tert-OH is 1. The second-order valence-corrected chi connectivity index (χ2v) is 7.67. The van der Waals surface area contributed by atoms with E-state index in [9.17, 15) is 9.90 Å². The Balaban J connectivity index is 1.51. The van der Waals surface area contributed by atoms with Crippen molar-refractivity contribution in [3.05, 3.63) is 58.3 Å². The lowest BCUT2D eigenvalue weighted by molar-refractivity contribution is 0.0279. The predicted octanol–water partition coefficient (Wildman–Crippen LogP) is 1.68. The van der Waals surface area contributed by atoms with Crippen LogP contribution in [0.1, 0.15) is 37.4 Å². The van der Waals surface area contributed by atoms with Crippen LogP contribution in [-0.2, 0) is 7.05 Å². The van der Waals surface area contributed by atoms with E-state index in [0.29, 0.717) is 5.39 Å². The Morgan fingerprint density at radius 3 is 2.88 bits per heavy atom. The first-order valence-electron chi connectivity index (χ1n) is 8.86. The van der Waals surface area contributed by atoms with Crippen molar-refractivity contribution in [2.24, 2.45) is 13.0 Å². The van der Waals surface area contributed by atoms with E-state index in [1.807, 2.05) is 24.4 Å². The summed E-state index contributed by atoms with van der Waals surface area (Å²) >= 11 is 0. The van der Waals surface area contributed by atoms with Gasteiger partial charge in [-0.05, 0) is 54.7 Å². The molecule has 3 aliphatic carbocycles. The Kier molecular flexibility index (Phi) is 3.05. The van der Waals surface area contributed by atoms with E-state index >= 15 is 0 Å². The zero-order valence-electron chi connectivity index (χ0n) is 14.2. The first-order chi connectivity index (χ1) is 12.1. The van der Waals surface area contributed by atoms with Crippen molar-refractivity contribution in [3.63, 3.8) is 0 Å². The molecule has 2 aromatic rings. The van der Waals surface area contributed by atoms with E-state index in [0.717, 1.165) is 22.6 Å². The molecule has 0 radical (unpaired) electrons. The molecule has 1 unspecified atom stereocenters. The van der Waals surface area contributed by atoms with Crippen molar-refractivity contribution in [1.29, 1.82) is 0 Å². The lowest BCUT2D eigenvalue weighted by atomic mass is 9.77. The molecule has 3 saturated carbocycles. The molecule has 130 valence electrons. The first kappa shape index (κ1) is 15.0. The number of aliphatic hydroxyl groups is 1. The zero-order valence-corrected chi connectivity index (χ0v) is 14.2. The third-order valence-corrected chi connectivity index (χ3v) is 6.20. The van der Waals surface area contributed by atoms with Crippen LogP contribution in [-0.4, -0.2) is 20.2 Å². The maximum atomic E-state index is 12.3. The highest BCUT2D eigenvalue weighted by molar-refractivity contribution is 5.85. The average Bonchev–Trinajstić information content (AvgIpc) is 3.31. The van der Waals surface area contributed by atoms with E-state index < -0.39 is 6.10 Å². The number of fused-ring (bicyclic) bond motifs is 2. The quantitative estimate of drug-likeness (QED) is 0.794. The fourth-order valence-corrected chi connectivity index (χ4v) is 4.74. The van der Waals surface area contributed by atoms with E-state index in [4.69, 9.17) is 0 Å². The van der Waals surface area contributed by atoms with Gasteiger partial charge < -0.3 is 15.1 Å². The fraction of sp³-hybridized carbons (Fsp3) is 0.421. The summed E-state index contributed by atoms with van der Waals surface area (Å²) in [5.41, 5.74) is 7.97. The number of hydrazine groups is 2. The molecule has 3 N–H and O–H groups in total. The van der Waals surface area contributed by atoms with Gasteiger partial charge in [0.15, 0.2) is 0 Å². The molecule has 6 heteroatoms. The summed E-state index contributed by atoms with van der Waals surface area (Å²) in [6.45, 7) is 0. The summed E-state index contributed by atoms with van der Waals surface area (Å²) in [5, 5.41) is 14.5. The second-order valence-electron chi connectivity index (χ2n) is 7.67. The predicted molar refractivity (Wildman–Crippen MR) is 95.0 cm³/mol. The van der Waals surface area contributed by atoms with E-state index in [1.54, 1.807) is 23.9 Å². The second kappa shape index (κ2) is 5.09. The molecule has 1 aromatic heterocycles. The molecule has 2 bridgehead atoms. The molecule has 0 spiro atoms. The minimum atomic E-state index is -0.804. The molecular weight excluding hydrogens is 316 g/mol. The molecule has 2 heterocycles. The van der Waals surface area contributed by atoms with Crippen LogP contribution in [0.2, 0.25) is 0 Å². The van der Waals surface area contributed by atoms with Crippen LogP contribution in [0.5, 0.6) is 0 Å². The van der Waals surface area contributed by atoms with E-state index in [-0.39, 0.29) is 11.1 Å². The molecule has 6 rings (SSSR count). The van der Waals surface area contributed by atoms with Crippen LogP contribution >= 0.6 is 0 Å². The Bertz CT molecular complexity index is 937. The number of hydrogen-bond acceptors (Lipinski definition) is 5.